The molecule has 0 N–H and O–H groups in total. The fourth-order valence-electron chi connectivity index (χ4n) is 3.86. The van der Waals surface area contributed by atoms with Gasteiger partial charge in [-0.3, -0.25) is 0 Å². The number of rotatable bonds is 8. The fourth-order valence-corrected chi connectivity index (χ4v) is 3.86. The maximum atomic E-state index is 5.72. The molecule has 1 aliphatic rings. The molecule has 0 spiro atoms. The van der Waals surface area contributed by atoms with Gasteiger partial charge in [0.25, 0.3) is 0 Å². The Bertz CT molecular complexity index is 590. The molecule has 0 radical (unpaired) electrons. The first-order valence-corrected chi connectivity index (χ1v) is 8.68. The minimum atomic E-state index is 0.0114. The van der Waals surface area contributed by atoms with E-state index in [-0.39, 0.29) is 5.41 Å². The first kappa shape index (κ1) is 16.2. The minimum absolute atomic E-state index is 0.0114. The van der Waals surface area contributed by atoms with Crippen LogP contribution >= 0.6 is 0 Å². The van der Waals surface area contributed by atoms with Gasteiger partial charge < -0.3 is 9.47 Å². The van der Waals surface area contributed by atoms with Crippen LogP contribution in [0.2, 0.25) is 0 Å². The minimum Gasteiger partial charge on any atom is -0.382 e. The molecular weight excluding hydrogens is 284 g/mol. The van der Waals surface area contributed by atoms with Crippen LogP contribution in [0.15, 0.2) is 48.5 Å². The molecule has 2 heteroatoms. The van der Waals surface area contributed by atoms with E-state index in [4.69, 9.17) is 9.47 Å². The van der Waals surface area contributed by atoms with E-state index in [0.717, 1.165) is 39.3 Å². The fraction of sp³-hybridized carbons (Fsp3) is 0.429. The zero-order valence-electron chi connectivity index (χ0n) is 14.2. The zero-order valence-corrected chi connectivity index (χ0v) is 14.2. The van der Waals surface area contributed by atoms with Gasteiger partial charge >= 0.3 is 0 Å². The zero-order chi connectivity index (χ0) is 16.1. The molecule has 122 valence electrons. The molecule has 0 aliphatic heterocycles. The van der Waals surface area contributed by atoms with E-state index in [0.29, 0.717) is 0 Å². The molecule has 23 heavy (non-hydrogen) atoms. The standard InChI is InChI=1S/C21H26O2/c1-3-22-15-13-21(14-16-23-4-2)19-11-7-5-9-17(19)18-10-6-8-12-20(18)21/h5-12H,3-4,13-16H2,1-2H3. The van der Waals surface area contributed by atoms with Crippen molar-refractivity contribution in [1.82, 2.24) is 0 Å². The van der Waals surface area contributed by atoms with Crippen LogP contribution in [0.4, 0.5) is 0 Å². The van der Waals surface area contributed by atoms with Crippen molar-refractivity contribution in [3.05, 3.63) is 59.7 Å². The topological polar surface area (TPSA) is 18.5 Å². The summed E-state index contributed by atoms with van der Waals surface area (Å²) >= 11 is 0. The van der Waals surface area contributed by atoms with Gasteiger partial charge in [0.05, 0.1) is 0 Å². The summed E-state index contributed by atoms with van der Waals surface area (Å²) in [6.45, 7) is 7.22. The maximum Gasteiger partial charge on any atom is 0.0477 e. The van der Waals surface area contributed by atoms with Gasteiger partial charge in [0.2, 0.25) is 0 Å². The van der Waals surface area contributed by atoms with Gasteiger partial charge in [-0.15, -0.1) is 0 Å². The highest BCUT2D eigenvalue weighted by atomic mass is 16.5. The quantitative estimate of drug-likeness (QED) is 0.652. The van der Waals surface area contributed by atoms with Crippen LogP contribution in [-0.4, -0.2) is 26.4 Å². The third-order valence-corrected chi connectivity index (χ3v) is 4.93. The SMILES string of the molecule is CCOCCC1(CCOCC)c2ccccc2-c2ccccc21. The van der Waals surface area contributed by atoms with Gasteiger partial charge in [0.1, 0.15) is 0 Å². The van der Waals surface area contributed by atoms with Crippen molar-refractivity contribution in [2.24, 2.45) is 0 Å². The summed E-state index contributed by atoms with van der Waals surface area (Å²) in [6.07, 6.45) is 2.00. The number of ether oxygens (including phenoxy) is 2. The van der Waals surface area contributed by atoms with Crippen LogP contribution in [-0.2, 0) is 14.9 Å². The maximum absolute atomic E-state index is 5.72. The Morgan fingerprint density at radius 1 is 0.696 bits per heavy atom. The van der Waals surface area contributed by atoms with Crippen molar-refractivity contribution in [2.45, 2.75) is 32.1 Å². The second-order valence-corrected chi connectivity index (χ2v) is 6.07. The lowest BCUT2D eigenvalue weighted by molar-refractivity contribution is 0.105. The van der Waals surface area contributed by atoms with E-state index in [2.05, 4.69) is 62.4 Å². The number of benzene rings is 2. The first-order chi connectivity index (χ1) is 11.3. The van der Waals surface area contributed by atoms with E-state index in [1.807, 2.05) is 0 Å². The summed E-state index contributed by atoms with van der Waals surface area (Å²) in [7, 11) is 0. The molecule has 2 aromatic rings. The van der Waals surface area contributed by atoms with Crippen LogP contribution in [0.1, 0.15) is 37.8 Å². The number of hydrogen-bond donors (Lipinski definition) is 0. The summed E-state index contributed by atoms with van der Waals surface area (Å²) in [4.78, 5) is 0. The normalized spacial score (nSPS) is 14.5. The lowest BCUT2D eigenvalue weighted by Crippen LogP contribution is -2.29. The Labute approximate surface area is 139 Å². The van der Waals surface area contributed by atoms with Crippen LogP contribution < -0.4 is 0 Å². The van der Waals surface area contributed by atoms with E-state index in [1.54, 1.807) is 0 Å². The highest BCUT2D eigenvalue weighted by Gasteiger charge is 2.42. The van der Waals surface area contributed by atoms with Crippen LogP contribution in [0.3, 0.4) is 0 Å². The van der Waals surface area contributed by atoms with Gasteiger partial charge in [-0.2, -0.15) is 0 Å². The van der Waals surface area contributed by atoms with Gasteiger partial charge in [-0.25, -0.2) is 0 Å². The second kappa shape index (κ2) is 7.29. The largest absolute Gasteiger partial charge is 0.382 e. The van der Waals surface area contributed by atoms with Crippen LogP contribution in [0.5, 0.6) is 0 Å². The molecule has 2 nitrogen and oxygen atoms in total. The molecule has 0 amide bonds. The number of fused-ring (bicyclic) bond motifs is 3. The van der Waals surface area contributed by atoms with E-state index in [1.165, 1.54) is 22.3 Å². The molecule has 0 atom stereocenters. The summed E-state index contributed by atoms with van der Waals surface area (Å²) in [5.74, 6) is 0. The summed E-state index contributed by atoms with van der Waals surface area (Å²) < 4.78 is 11.4. The van der Waals surface area contributed by atoms with Crippen LogP contribution in [0, 0.1) is 0 Å². The Balaban J connectivity index is 2.05. The highest BCUT2D eigenvalue weighted by Crippen LogP contribution is 2.52. The molecular formula is C21H26O2. The van der Waals surface area contributed by atoms with Crippen molar-refractivity contribution in [1.29, 1.82) is 0 Å². The van der Waals surface area contributed by atoms with Crippen molar-refractivity contribution in [3.8, 4) is 11.1 Å². The smallest absolute Gasteiger partial charge is 0.0477 e. The Morgan fingerprint density at radius 2 is 1.13 bits per heavy atom. The predicted molar refractivity (Wildman–Crippen MR) is 94.9 cm³/mol. The average Bonchev–Trinajstić information content (AvgIpc) is 2.87. The predicted octanol–water partition coefficient (Wildman–Crippen LogP) is 4.81. The molecule has 0 heterocycles. The Morgan fingerprint density at radius 3 is 1.57 bits per heavy atom. The highest BCUT2D eigenvalue weighted by molar-refractivity contribution is 5.80. The van der Waals surface area contributed by atoms with E-state index < -0.39 is 0 Å². The Hall–Kier alpha value is -1.64. The third-order valence-electron chi connectivity index (χ3n) is 4.93. The first-order valence-electron chi connectivity index (χ1n) is 8.68. The Kier molecular flexibility index (Phi) is 5.14. The van der Waals surface area contributed by atoms with E-state index >= 15 is 0 Å². The van der Waals surface area contributed by atoms with Crippen molar-refractivity contribution < 1.29 is 9.47 Å². The molecule has 0 fully saturated rings. The third kappa shape index (κ3) is 2.93. The van der Waals surface area contributed by atoms with Crippen LogP contribution in [0.25, 0.3) is 11.1 Å². The molecule has 3 rings (SSSR count). The summed E-state index contributed by atoms with van der Waals surface area (Å²) in [5.41, 5.74) is 5.62. The molecule has 0 aromatic heterocycles. The molecule has 0 bridgehead atoms. The number of hydrogen-bond acceptors (Lipinski definition) is 2. The summed E-state index contributed by atoms with van der Waals surface area (Å²) in [5, 5.41) is 0. The van der Waals surface area contributed by atoms with Crippen molar-refractivity contribution in [3.63, 3.8) is 0 Å². The molecule has 0 saturated heterocycles. The second-order valence-electron chi connectivity index (χ2n) is 6.07. The lowest BCUT2D eigenvalue weighted by atomic mass is 9.73. The lowest BCUT2D eigenvalue weighted by Gasteiger charge is -2.32. The van der Waals surface area contributed by atoms with Gasteiger partial charge in [-0.1, -0.05) is 48.5 Å². The van der Waals surface area contributed by atoms with Gasteiger partial charge in [0.15, 0.2) is 0 Å². The van der Waals surface area contributed by atoms with Crippen molar-refractivity contribution >= 4 is 0 Å². The molecule has 0 saturated carbocycles. The van der Waals surface area contributed by atoms with E-state index in [9.17, 15) is 0 Å². The van der Waals surface area contributed by atoms with Gasteiger partial charge in [0, 0.05) is 31.8 Å². The van der Waals surface area contributed by atoms with Crippen molar-refractivity contribution in [2.75, 3.05) is 26.4 Å². The molecule has 1 aliphatic carbocycles. The molecule has 0 unspecified atom stereocenters. The monoisotopic (exact) mass is 310 g/mol. The average molecular weight is 310 g/mol. The van der Waals surface area contributed by atoms with Gasteiger partial charge in [-0.05, 0) is 48.9 Å². The summed E-state index contributed by atoms with van der Waals surface area (Å²) in [6, 6.07) is 17.6. The molecule has 2 aromatic carbocycles.